The average Bonchev–Trinajstić information content (AvgIpc) is 2.93. The van der Waals surface area contributed by atoms with Crippen LogP contribution in [0.15, 0.2) is 48.5 Å². The van der Waals surface area contributed by atoms with E-state index in [1.54, 1.807) is 0 Å². The molecule has 4 nitrogen and oxygen atoms in total. The molecule has 0 spiro atoms. The van der Waals surface area contributed by atoms with Crippen molar-refractivity contribution < 1.29 is 9.53 Å². The summed E-state index contributed by atoms with van der Waals surface area (Å²) in [7, 11) is 0. The van der Waals surface area contributed by atoms with Crippen LogP contribution >= 0.6 is 0 Å². The average molecular weight is 294 g/mol. The third-order valence-electron chi connectivity index (χ3n) is 3.70. The van der Waals surface area contributed by atoms with Crippen LogP contribution in [0.3, 0.4) is 0 Å². The molecule has 3 aromatic rings. The van der Waals surface area contributed by atoms with Gasteiger partial charge in [-0.3, -0.25) is 4.79 Å². The summed E-state index contributed by atoms with van der Waals surface area (Å²) >= 11 is 0. The molecule has 0 radical (unpaired) electrons. The molecule has 0 aliphatic heterocycles. The standard InChI is InChI=1S/C18H18N2O2/c1-2-14-7-9-15(10-8-14)22-12-11-20-17-6-4-3-5-16(17)19-18(20)13-21/h3-10,13H,2,11-12H2,1H3. The summed E-state index contributed by atoms with van der Waals surface area (Å²) in [6.07, 6.45) is 1.81. The number of carbonyl (C=O) groups excluding carboxylic acids is 1. The summed E-state index contributed by atoms with van der Waals surface area (Å²) < 4.78 is 7.65. The van der Waals surface area contributed by atoms with Crippen LogP contribution in [0, 0.1) is 0 Å². The van der Waals surface area contributed by atoms with Gasteiger partial charge in [-0.1, -0.05) is 31.2 Å². The van der Waals surface area contributed by atoms with Crippen molar-refractivity contribution in [3.05, 3.63) is 59.9 Å². The third-order valence-corrected chi connectivity index (χ3v) is 3.70. The van der Waals surface area contributed by atoms with Gasteiger partial charge in [-0.25, -0.2) is 4.98 Å². The lowest BCUT2D eigenvalue weighted by atomic mass is 10.2. The number of hydrogen-bond donors (Lipinski definition) is 0. The van der Waals surface area contributed by atoms with Crippen LogP contribution in [0.4, 0.5) is 0 Å². The first-order chi connectivity index (χ1) is 10.8. The number of aryl methyl sites for hydroxylation is 1. The highest BCUT2D eigenvalue weighted by Crippen LogP contribution is 2.16. The summed E-state index contributed by atoms with van der Waals surface area (Å²) in [5.41, 5.74) is 3.07. The highest BCUT2D eigenvalue weighted by atomic mass is 16.5. The number of para-hydroxylation sites is 2. The number of nitrogens with zero attached hydrogens (tertiary/aromatic N) is 2. The zero-order valence-electron chi connectivity index (χ0n) is 12.5. The van der Waals surface area contributed by atoms with E-state index in [-0.39, 0.29) is 0 Å². The fourth-order valence-corrected chi connectivity index (χ4v) is 2.50. The lowest BCUT2D eigenvalue weighted by Gasteiger charge is -2.09. The zero-order valence-corrected chi connectivity index (χ0v) is 12.5. The van der Waals surface area contributed by atoms with Crippen molar-refractivity contribution in [2.45, 2.75) is 19.9 Å². The number of aromatic nitrogens is 2. The highest BCUT2D eigenvalue weighted by molar-refractivity contribution is 5.82. The van der Waals surface area contributed by atoms with Crippen LogP contribution in [0.5, 0.6) is 5.75 Å². The van der Waals surface area contributed by atoms with Gasteiger partial charge in [0.15, 0.2) is 12.1 Å². The van der Waals surface area contributed by atoms with Gasteiger partial charge in [0, 0.05) is 0 Å². The summed E-state index contributed by atoms with van der Waals surface area (Å²) in [5, 5.41) is 0. The molecule has 0 saturated heterocycles. The number of ether oxygens (including phenoxy) is 1. The van der Waals surface area contributed by atoms with Crippen molar-refractivity contribution in [2.24, 2.45) is 0 Å². The predicted molar refractivity (Wildman–Crippen MR) is 86.4 cm³/mol. The first-order valence-corrected chi connectivity index (χ1v) is 7.44. The molecule has 1 aromatic heterocycles. The number of aldehydes is 1. The zero-order chi connectivity index (χ0) is 15.4. The van der Waals surface area contributed by atoms with Gasteiger partial charge in [0.1, 0.15) is 12.4 Å². The van der Waals surface area contributed by atoms with Crippen molar-refractivity contribution in [1.82, 2.24) is 9.55 Å². The highest BCUT2D eigenvalue weighted by Gasteiger charge is 2.09. The SMILES string of the molecule is CCc1ccc(OCCn2c(C=O)nc3ccccc32)cc1. The predicted octanol–water partition coefficient (Wildman–Crippen LogP) is 3.49. The summed E-state index contributed by atoms with van der Waals surface area (Å²) in [6.45, 7) is 3.21. The molecule has 0 amide bonds. The lowest BCUT2D eigenvalue weighted by Crippen LogP contribution is -2.10. The van der Waals surface area contributed by atoms with E-state index in [0.29, 0.717) is 19.0 Å². The Labute approximate surface area is 129 Å². The third kappa shape index (κ3) is 2.86. The molecule has 1 heterocycles. The summed E-state index contributed by atoms with van der Waals surface area (Å²) in [5.74, 6) is 1.28. The number of carbonyl (C=O) groups is 1. The molecule has 22 heavy (non-hydrogen) atoms. The molecule has 0 unspecified atom stereocenters. The van der Waals surface area contributed by atoms with Crippen molar-refractivity contribution in [3.63, 3.8) is 0 Å². The Morgan fingerprint density at radius 2 is 1.91 bits per heavy atom. The minimum atomic E-state index is 0.436. The maximum atomic E-state index is 11.2. The molecule has 0 fully saturated rings. The van der Waals surface area contributed by atoms with Crippen LogP contribution in [-0.2, 0) is 13.0 Å². The van der Waals surface area contributed by atoms with Gasteiger partial charge in [-0.2, -0.15) is 0 Å². The maximum absolute atomic E-state index is 11.2. The van der Waals surface area contributed by atoms with Crippen molar-refractivity contribution in [3.8, 4) is 5.75 Å². The van der Waals surface area contributed by atoms with Crippen molar-refractivity contribution >= 4 is 17.3 Å². The molecule has 2 aromatic carbocycles. The van der Waals surface area contributed by atoms with Crippen LogP contribution < -0.4 is 4.74 Å². The van der Waals surface area contributed by atoms with Crippen LogP contribution in [0.25, 0.3) is 11.0 Å². The van der Waals surface area contributed by atoms with Crippen LogP contribution in [0.1, 0.15) is 23.1 Å². The van der Waals surface area contributed by atoms with Gasteiger partial charge >= 0.3 is 0 Å². The van der Waals surface area contributed by atoms with E-state index in [4.69, 9.17) is 4.74 Å². The van der Waals surface area contributed by atoms with Gasteiger partial charge in [0.25, 0.3) is 0 Å². The molecular formula is C18H18N2O2. The number of hydrogen-bond acceptors (Lipinski definition) is 3. The molecule has 4 heteroatoms. The molecule has 0 aliphatic rings. The Balaban J connectivity index is 1.72. The van der Waals surface area contributed by atoms with E-state index in [0.717, 1.165) is 29.5 Å². The normalized spacial score (nSPS) is 10.8. The maximum Gasteiger partial charge on any atom is 0.185 e. The van der Waals surface area contributed by atoms with E-state index >= 15 is 0 Å². The Hall–Kier alpha value is -2.62. The minimum absolute atomic E-state index is 0.436. The molecular weight excluding hydrogens is 276 g/mol. The Morgan fingerprint density at radius 1 is 1.14 bits per heavy atom. The van der Waals surface area contributed by atoms with Gasteiger partial charge < -0.3 is 9.30 Å². The van der Waals surface area contributed by atoms with Crippen LogP contribution in [-0.4, -0.2) is 22.4 Å². The Morgan fingerprint density at radius 3 is 2.64 bits per heavy atom. The van der Waals surface area contributed by atoms with E-state index < -0.39 is 0 Å². The molecule has 0 bridgehead atoms. The molecule has 0 N–H and O–H groups in total. The molecule has 0 aliphatic carbocycles. The fraction of sp³-hybridized carbons (Fsp3) is 0.222. The van der Waals surface area contributed by atoms with Crippen LogP contribution in [0.2, 0.25) is 0 Å². The molecule has 112 valence electrons. The second-order valence-electron chi connectivity index (χ2n) is 5.07. The second-order valence-corrected chi connectivity index (χ2v) is 5.07. The van der Waals surface area contributed by atoms with Crippen molar-refractivity contribution in [2.75, 3.05) is 6.61 Å². The Kier molecular flexibility index (Phi) is 4.19. The number of benzene rings is 2. The lowest BCUT2D eigenvalue weighted by molar-refractivity contribution is 0.111. The molecule has 0 saturated carbocycles. The van der Waals surface area contributed by atoms with E-state index in [1.165, 1.54) is 5.56 Å². The number of imidazole rings is 1. The van der Waals surface area contributed by atoms with E-state index in [2.05, 4.69) is 24.0 Å². The number of rotatable bonds is 6. The first kappa shape index (κ1) is 14.3. The minimum Gasteiger partial charge on any atom is -0.492 e. The van der Waals surface area contributed by atoms with Gasteiger partial charge in [-0.05, 0) is 36.2 Å². The van der Waals surface area contributed by atoms with E-state index in [9.17, 15) is 4.79 Å². The summed E-state index contributed by atoms with van der Waals surface area (Å²) in [6, 6.07) is 15.8. The van der Waals surface area contributed by atoms with Gasteiger partial charge in [0.2, 0.25) is 0 Å². The topological polar surface area (TPSA) is 44.1 Å². The summed E-state index contributed by atoms with van der Waals surface area (Å²) in [4.78, 5) is 15.5. The van der Waals surface area contributed by atoms with Gasteiger partial charge in [-0.15, -0.1) is 0 Å². The molecule has 0 atom stereocenters. The second kappa shape index (κ2) is 6.43. The largest absolute Gasteiger partial charge is 0.492 e. The van der Waals surface area contributed by atoms with Crippen molar-refractivity contribution in [1.29, 1.82) is 0 Å². The monoisotopic (exact) mass is 294 g/mol. The quantitative estimate of drug-likeness (QED) is 0.654. The molecule has 3 rings (SSSR count). The van der Waals surface area contributed by atoms with Gasteiger partial charge in [0.05, 0.1) is 17.6 Å². The fourth-order valence-electron chi connectivity index (χ4n) is 2.50. The number of fused-ring (bicyclic) bond motifs is 1. The Bertz CT molecular complexity index is 775. The first-order valence-electron chi connectivity index (χ1n) is 7.44. The smallest absolute Gasteiger partial charge is 0.185 e. The van der Waals surface area contributed by atoms with E-state index in [1.807, 2.05) is 41.0 Å².